The van der Waals surface area contributed by atoms with Crippen LogP contribution in [-0.4, -0.2) is 42.1 Å². The van der Waals surface area contributed by atoms with Gasteiger partial charge in [-0.2, -0.15) is 0 Å². The number of aryl methyl sites for hydroxylation is 1. The second kappa shape index (κ2) is 11.6. The summed E-state index contributed by atoms with van der Waals surface area (Å²) in [7, 11) is 1.62. The minimum atomic E-state index is -0.235. The van der Waals surface area contributed by atoms with Crippen molar-refractivity contribution in [3.8, 4) is 11.5 Å². The number of carbonyl (C=O) groups excluding carboxylic acids is 2. The predicted octanol–water partition coefficient (Wildman–Crippen LogP) is 5.65. The van der Waals surface area contributed by atoms with Gasteiger partial charge in [-0.1, -0.05) is 29.8 Å². The number of aliphatic imine (C=N–C) groups is 1. The summed E-state index contributed by atoms with van der Waals surface area (Å²) in [6.07, 6.45) is 1.83. The van der Waals surface area contributed by atoms with Crippen LogP contribution in [0.2, 0.25) is 0 Å². The molecule has 1 saturated heterocycles. The van der Waals surface area contributed by atoms with Crippen molar-refractivity contribution in [1.82, 2.24) is 4.90 Å². The van der Waals surface area contributed by atoms with Gasteiger partial charge < -0.3 is 14.8 Å². The van der Waals surface area contributed by atoms with Gasteiger partial charge in [0, 0.05) is 12.2 Å². The van der Waals surface area contributed by atoms with Gasteiger partial charge in [-0.3, -0.25) is 14.5 Å². The molecule has 7 nitrogen and oxygen atoms in total. The fourth-order valence-corrected chi connectivity index (χ4v) is 4.49. The molecule has 1 N–H and O–H groups in total. The summed E-state index contributed by atoms with van der Waals surface area (Å²) in [5.74, 6) is 1.00. The highest BCUT2D eigenvalue weighted by atomic mass is 32.2. The highest BCUT2D eigenvalue weighted by Crippen LogP contribution is 2.34. The molecule has 1 fully saturated rings. The third kappa shape index (κ3) is 6.34. The summed E-state index contributed by atoms with van der Waals surface area (Å²) in [6, 6.07) is 22.2. The van der Waals surface area contributed by atoms with Crippen molar-refractivity contribution >= 4 is 46.2 Å². The third-order valence-corrected chi connectivity index (χ3v) is 6.39. The molecule has 3 aromatic rings. The molecule has 0 bridgehead atoms. The number of amidine groups is 1. The minimum absolute atomic E-state index is 0.0807. The lowest BCUT2D eigenvalue weighted by Crippen LogP contribution is -2.28. The van der Waals surface area contributed by atoms with Gasteiger partial charge in [-0.05, 0) is 85.8 Å². The van der Waals surface area contributed by atoms with Crippen molar-refractivity contribution in [2.24, 2.45) is 4.99 Å². The Hall–Kier alpha value is -4.04. The number of hydrogen-bond acceptors (Lipinski definition) is 6. The first-order valence-electron chi connectivity index (χ1n) is 11.5. The molecule has 0 saturated carbocycles. The molecule has 0 radical (unpaired) electrons. The molecule has 3 aromatic carbocycles. The average molecular weight is 502 g/mol. The zero-order chi connectivity index (χ0) is 25.5. The van der Waals surface area contributed by atoms with E-state index in [0.29, 0.717) is 22.4 Å². The summed E-state index contributed by atoms with van der Waals surface area (Å²) in [5, 5.41) is 3.44. The second-order valence-electron chi connectivity index (χ2n) is 8.02. The number of nitrogens with one attached hydrogen (secondary N) is 1. The molecule has 0 aliphatic carbocycles. The number of nitrogens with zero attached hydrogens (tertiary/aromatic N) is 2. The highest BCUT2D eigenvalue weighted by molar-refractivity contribution is 8.18. The van der Waals surface area contributed by atoms with Crippen molar-refractivity contribution in [2.75, 3.05) is 25.6 Å². The molecular weight excluding hydrogens is 474 g/mol. The van der Waals surface area contributed by atoms with Crippen LogP contribution in [0.5, 0.6) is 11.5 Å². The second-order valence-corrected chi connectivity index (χ2v) is 9.03. The van der Waals surface area contributed by atoms with Gasteiger partial charge in [0.2, 0.25) is 0 Å². The third-order valence-electron chi connectivity index (χ3n) is 5.38. The van der Waals surface area contributed by atoms with Crippen molar-refractivity contribution in [3.63, 3.8) is 0 Å². The molecule has 8 heteroatoms. The van der Waals surface area contributed by atoms with Crippen LogP contribution in [0.4, 0.5) is 11.4 Å². The number of ether oxygens (including phenoxy) is 2. The average Bonchev–Trinajstić information content (AvgIpc) is 3.18. The quantitative estimate of drug-likeness (QED) is 0.404. The first-order chi connectivity index (χ1) is 17.4. The fraction of sp³-hybridized carbons (Fsp3) is 0.179. The lowest BCUT2D eigenvalue weighted by molar-refractivity contribution is -0.122. The number of carbonyl (C=O) groups is 2. The molecule has 184 valence electrons. The van der Waals surface area contributed by atoms with E-state index in [-0.39, 0.29) is 18.4 Å². The van der Waals surface area contributed by atoms with Crippen molar-refractivity contribution in [1.29, 1.82) is 0 Å². The van der Waals surface area contributed by atoms with Crippen molar-refractivity contribution in [2.45, 2.75) is 13.8 Å². The fourth-order valence-electron chi connectivity index (χ4n) is 3.43. The Morgan fingerprint density at radius 3 is 2.31 bits per heavy atom. The number of thioether (sulfide) groups is 1. The Balaban J connectivity index is 1.38. The van der Waals surface area contributed by atoms with Gasteiger partial charge >= 0.3 is 0 Å². The number of anilines is 1. The monoisotopic (exact) mass is 501 g/mol. The Labute approximate surface area is 214 Å². The first kappa shape index (κ1) is 25.1. The molecule has 1 aliphatic heterocycles. The summed E-state index contributed by atoms with van der Waals surface area (Å²) in [5.41, 5.74) is 3.45. The Morgan fingerprint density at radius 2 is 1.67 bits per heavy atom. The standard InChI is InChI=1S/C28H27N3O4S/c1-4-31-27(33)25(36-28(31)30-22-11-15-23(34-3)16-12-22)17-20-7-13-24(14-8-20)35-18-26(32)29-21-9-5-19(2)6-10-21/h5-17H,4,18H2,1-3H3,(H,29,32)/b25-17+,30-28?. The minimum Gasteiger partial charge on any atom is -0.497 e. The van der Waals surface area contributed by atoms with Crippen molar-refractivity contribution < 1.29 is 19.1 Å². The molecule has 1 heterocycles. The zero-order valence-electron chi connectivity index (χ0n) is 20.4. The predicted molar refractivity (Wildman–Crippen MR) is 145 cm³/mol. The van der Waals surface area contributed by atoms with Crippen LogP contribution in [-0.2, 0) is 9.59 Å². The normalized spacial score (nSPS) is 15.4. The van der Waals surface area contributed by atoms with Crippen molar-refractivity contribution in [3.05, 3.63) is 88.8 Å². The summed E-state index contributed by atoms with van der Waals surface area (Å²) >= 11 is 1.34. The summed E-state index contributed by atoms with van der Waals surface area (Å²) in [4.78, 5) is 32.0. The van der Waals surface area contributed by atoms with Crippen LogP contribution < -0.4 is 14.8 Å². The molecule has 2 amide bonds. The lowest BCUT2D eigenvalue weighted by atomic mass is 10.2. The van der Waals surface area contributed by atoms with Gasteiger partial charge in [0.1, 0.15) is 11.5 Å². The van der Waals surface area contributed by atoms with E-state index >= 15 is 0 Å². The summed E-state index contributed by atoms with van der Waals surface area (Å²) in [6.45, 7) is 4.34. The van der Waals surface area contributed by atoms with Crippen LogP contribution in [0.3, 0.4) is 0 Å². The number of benzene rings is 3. The molecule has 0 unspecified atom stereocenters. The van der Waals surface area contributed by atoms with E-state index in [1.807, 2.05) is 80.6 Å². The maximum absolute atomic E-state index is 12.9. The lowest BCUT2D eigenvalue weighted by Gasteiger charge is -2.12. The van der Waals surface area contributed by atoms with E-state index < -0.39 is 0 Å². The topological polar surface area (TPSA) is 80.2 Å². The molecule has 0 aromatic heterocycles. The van der Waals surface area contributed by atoms with E-state index in [9.17, 15) is 9.59 Å². The number of likely N-dealkylation sites (N-methyl/N-ethyl adjacent to an activating group) is 1. The maximum Gasteiger partial charge on any atom is 0.266 e. The smallest absolute Gasteiger partial charge is 0.266 e. The number of hydrogen-bond donors (Lipinski definition) is 1. The van der Waals surface area contributed by atoms with Crippen LogP contribution in [0.15, 0.2) is 82.7 Å². The van der Waals surface area contributed by atoms with E-state index in [4.69, 9.17) is 9.47 Å². The molecule has 0 atom stereocenters. The molecule has 1 aliphatic rings. The number of amides is 2. The number of methoxy groups -OCH3 is 1. The Bertz CT molecular complexity index is 1280. The molecule has 0 spiro atoms. The van der Waals surface area contributed by atoms with Gasteiger partial charge in [0.25, 0.3) is 11.8 Å². The molecule has 36 heavy (non-hydrogen) atoms. The van der Waals surface area contributed by atoms with Gasteiger partial charge in [0.15, 0.2) is 11.8 Å². The van der Waals surface area contributed by atoms with Crippen LogP contribution in [0, 0.1) is 6.92 Å². The molecular formula is C28H27N3O4S. The number of rotatable bonds is 8. The zero-order valence-corrected chi connectivity index (χ0v) is 21.2. The van der Waals surface area contributed by atoms with E-state index in [1.54, 1.807) is 24.1 Å². The van der Waals surface area contributed by atoms with Crippen LogP contribution >= 0.6 is 11.8 Å². The maximum atomic E-state index is 12.9. The van der Waals surface area contributed by atoms with E-state index in [0.717, 1.165) is 28.3 Å². The van der Waals surface area contributed by atoms with Gasteiger partial charge in [0.05, 0.1) is 17.7 Å². The Morgan fingerprint density at radius 1 is 1.00 bits per heavy atom. The van der Waals surface area contributed by atoms with E-state index in [2.05, 4.69) is 10.3 Å². The summed E-state index contributed by atoms with van der Waals surface area (Å²) < 4.78 is 10.8. The van der Waals surface area contributed by atoms with Gasteiger partial charge in [-0.25, -0.2) is 4.99 Å². The largest absolute Gasteiger partial charge is 0.497 e. The molecule has 4 rings (SSSR count). The van der Waals surface area contributed by atoms with Crippen LogP contribution in [0.25, 0.3) is 6.08 Å². The first-order valence-corrected chi connectivity index (χ1v) is 12.3. The van der Waals surface area contributed by atoms with Crippen LogP contribution in [0.1, 0.15) is 18.1 Å². The highest BCUT2D eigenvalue weighted by Gasteiger charge is 2.32. The van der Waals surface area contributed by atoms with Gasteiger partial charge in [-0.15, -0.1) is 0 Å². The van der Waals surface area contributed by atoms with E-state index in [1.165, 1.54) is 11.8 Å². The Kier molecular flexibility index (Phi) is 8.07. The SMILES string of the molecule is CCN1C(=O)/C(=C\c2ccc(OCC(=O)Nc3ccc(C)cc3)cc2)SC1=Nc1ccc(OC)cc1.